The number of benzene rings is 1. The average Bonchev–Trinajstić information content (AvgIpc) is 3.25. The number of carbonyl (C=O) groups is 1. The molecule has 0 radical (unpaired) electrons. The van der Waals surface area contributed by atoms with E-state index >= 15 is 0 Å². The maximum Gasteiger partial charge on any atom is 0.253 e. The molecule has 0 unspecified atom stereocenters. The highest BCUT2D eigenvalue weighted by molar-refractivity contribution is 5.95. The van der Waals surface area contributed by atoms with E-state index in [-0.39, 0.29) is 23.1 Å². The average molecular weight is 432 g/mol. The van der Waals surface area contributed by atoms with Crippen LogP contribution in [0.2, 0.25) is 0 Å². The van der Waals surface area contributed by atoms with E-state index in [1.165, 1.54) is 30.2 Å². The fraction of sp³-hybridized carbons (Fsp3) is 0.130. The molecule has 8 nitrogen and oxygen atoms in total. The number of nitrogens with one attached hydrogen (secondary N) is 1. The number of nitrogens with two attached hydrogens (primary N) is 1. The van der Waals surface area contributed by atoms with Gasteiger partial charge in [0.25, 0.3) is 5.91 Å². The van der Waals surface area contributed by atoms with Crippen molar-refractivity contribution in [3.05, 3.63) is 66.4 Å². The summed E-state index contributed by atoms with van der Waals surface area (Å²) in [7, 11) is 4.78. The topological polar surface area (TPSA) is 110 Å². The van der Waals surface area contributed by atoms with Gasteiger partial charge in [0.15, 0.2) is 11.6 Å². The highest BCUT2D eigenvalue weighted by Crippen LogP contribution is 2.35. The highest BCUT2D eigenvalue weighted by atomic mass is 19.1. The summed E-state index contributed by atoms with van der Waals surface area (Å²) < 4.78 is 20.1. The minimum Gasteiger partial charge on any atom is -0.493 e. The summed E-state index contributed by atoms with van der Waals surface area (Å²) in [5.41, 5.74) is 8.98. The molecule has 32 heavy (non-hydrogen) atoms. The van der Waals surface area contributed by atoms with Crippen molar-refractivity contribution in [3.8, 4) is 39.7 Å². The van der Waals surface area contributed by atoms with Crippen LogP contribution in [-0.4, -0.2) is 51.9 Å². The molecule has 0 aliphatic carbocycles. The number of ether oxygens (including phenoxy) is 1. The Morgan fingerprint density at radius 2 is 1.88 bits per heavy atom. The number of halogens is 1. The summed E-state index contributed by atoms with van der Waals surface area (Å²) in [5.74, 6) is 0.190. The van der Waals surface area contributed by atoms with Crippen molar-refractivity contribution in [1.29, 1.82) is 0 Å². The van der Waals surface area contributed by atoms with E-state index in [2.05, 4.69) is 19.9 Å². The molecule has 0 saturated carbocycles. The molecule has 0 fully saturated rings. The number of methoxy groups -OCH3 is 1. The van der Waals surface area contributed by atoms with Gasteiger partial charge in [0, 0.05) is 49.4 Å². The second-order valence-electron chi connectivity index (χ2n) is 7.25. The van der Waals surface area contributed by atoms with Crippen LogP contribution in [0.15, 0.2) is 55.0 Å². The van der Waals surface area contributed by atoms with Crippen molar-refractivity contribution in [2.24, 2.45) is 0 Å². The summed E-state index contributed by atoms with van der Waals surface area (Å²) in [6.07, 6.45) is 4.88. The molecule has 9 heteroatoms. The molecule has 1 aromatic carbocycles. The van der Waals surface area contributed by atoms with E-state index in [9.17, 15) is 9.18 Å². The number of nitrogen functional groups attached to an aromatic ring is 1. The minimum absolute atomic E-state index is 0.176. The van der Waals surface area contributed by atoms with Crippen LogP contribution in [0.5, 0.6) is 5.75 Å². The van der Waals surface area contributed by atoms with Gasteiger partial charge in [-0.25, -0.2) is 14.4 Å². The molecule has 3 aromatic heterocycles. The number of imidazole rings is 1. The molecule has 4 rings (SSSR count). The number of nitrogens with zero attached hydrogens (tertiary/aromatic N) is 4. The van der Waals surface area contributed by atoms with Crippen LogP contribution < -0.4 is 10.5 Å². The van der Waals surface area contributed by atoms with Gasteiger partial charge in [-0.1, -0.05) is 0 Å². The minimum atomic E-state index is -0.505. The van der Waals surface area contributed by atoms with Crippen molar-refractivity contribution in [2.45, 2.75) is 0 Å². The number of hydrogen-bond donors (Lipinski definition) is 2. The van der Waals surface area contributed by atoms with Crippen molar-refractivity contribution in [1.82, 2.24) is 24.8 Å². The van der Waals surface area contributed by atoms with Crippen LogP contribution in [0.3, 0.4) is 0 Å². The first-order valence-electron chi connectivity index (χ1n) is 9.71. The van der Waals surface area contributed by atoms with E-state index in [0.29, 0.717) is 28.3 Å². The van der Waals surface area contributed by atoms with Gasteiger partial charge < -0.3 is 20.4 Å². The van der Waals surface area contributed by atoms with Crippen LogP contribution >= 0.6 is 0 Å². The molecule has 0 aliphatic rings. The molecule has 0 bridgehead atoms. The van der Waals surface area contributed by atoms with E-state index in [1.54, 1.807) is 50.9 Å². The second kappa shape index (κ2) is 8.46. The van der Waals surface area contributed by atoms with Crippen LogP contribution in [0.1, 0.15) is 10.4 Å². The first-order chi connectivity index (χ1) is 15.4. The zero-order valence-corrected chi connectivity index (χ0v) is 17.8. The summed E-state index contributed by atoms with van der Waals surface area (Å²) in [6, 6.07) is 9.52. The number of pyridine rings is 2. The molecule has 1 amide bonds. The maximum atomic E-state index is 14.8. The summed E-state index contributed by atoms with van der Waals surface area (Å²) in [6.45, 7) is 0. The standard InChI is InChI=1S/C23H21FN6O2/c1-30(2)23(31)14-4-5-17(24)16(10-14)22-28-19(13-6-8-26-9-7-13)20(29-22)15-11-18(32-3)21(25)27-12-15/h4-12H,1-3H3,(H2,25,27)(H,28,29). The van der Waals surface area contributed by atoms with Gasteiger partial charge in [0.1, 0.15) is 11.6 Å². The Morgan fingerprint density at radius 3 is 2.56 bits per heavy atom. The SMILES string of the molecule is COc1cc(-c2[nH]c(-c3cc(C(=O)N(C)C)ccc3F)nc2-c2ccncc2)cnc1N. The number of hydrogen-bond acceptors (Lipinski definition) is 6. The summed E-state index contributed by atoms with van der Waals surface area (Å²) in [4.78, 5) is 29.9. The third-order valence-corrected chi connectivity index (χ3v) is 4.92. The Kier molecular flexibility index (Phi) is 5.55. The van der Waals surface area contributed by atoms with E-state index < -0.39 is 5.82 Å². The highest BCUT2D eigenvalue weighted by Gasteiger charge is 2.20. The number of anilines is 1. The predicted octanol–water partition coefficient (Wildman–Crippen LogP) is 3.63. The third-order valence-electron chi connectivity index (χ3n) is 4.92. The first kappa shape index (κ1) is 21.0. The lowest BCUT2D eigenvalue weighted by molar-refractivity contribution is 0.0827. The molecule has 3 N–H and O–H groups in total. The van der Waals surface area contributed by atoms with Gasteiger partial charge in [-0.2, -0.15) is 0 Å². The third kappa shape index (κ3) is 3.87. The Balaban J connectivity index is 1.91. The Morgan fingerprint density at radius 1 is 1.12 bits per heavy atom. The number of aromatic amines is 1. The van der Waals surface area contributed by atoms with Crippen LogP contribution in [0, 0.1) is 5.82 Å². The zero-order valence-electron chi connectivity index (χ0n) is 17.8. The van der Waals surface area contributed by atoms with Crippen molar-refractivity contribution < 1.29 is 13.9 Å². The molecular weight excluding hydrogens is 411 g/mol. The maximum absolute atomic E-state index is 14.8. The molecule has 0 saturated heterocycles. The monoisotopic (exact) mass is 432 g/mol. The van der Waals surface area contributed by atoms with Gasteiger partial charge in [0.2, 0.25) is 0 Å². The number of H-pyrrole nitrogens is 1. The number of amides is 1. The smallest absolute Gasteiger partial charge is 0.253 e. The number of rotatable bonds is 5. The van der Waals surface area contributed by atoms with Gasteiger partial charge in [-0.15, -0.1) is 0 Å². The van der Waals surface area contributed by atoms with Crippen molar-refractivity contribution in [2.75, 3.05) is 26.9 Å². The van der Waals surface area contributed by atoms with E-state index in [0.717, 1.165) is 5.56 Å². The van der Waals surface area contributed by atoms with Gasteiger partial charge >= 0.3 is 0 Å². The normalized spacial score (nSPS) is 10.8. The van der Waals surface area contributed by atoms with Crippen LogP contribution in [0.25, 0.3) is 33.9 Å². The van der Waals surface area contributed by atoms with E-state index in [4.69, 9.17) is 10.5 Å². The molecule has 4 aromatic rings. The fourth-order valence-electron chi connectivity index (χ4n) is 3.28. The first-order valence-corrected chi connectivity index (χ1v) is 9.71. The predicted molar refractivity (Wildman–Crippen MR) is 119 cm³/mol. The molecule has 0 aliphatic heterocycles. The van der Waals surface area contributed by atoms with E-state index in [1.807, 2.05) is 0 Å². The molecule has 162 valence electrons. The Hall–Kier alpha value is -4.27. The Labute approximate surface area is 183 Å². The van der Waals surface area contributed by atoms with Gasteiger partial charge in [-0.05, 0) is 36.4 Å². The van der Waals surface area contributed by atoms with Crippen molar-refractivity contribution >= 4 is 11.7 Å². The lowest BCUT2D eigenvalue weighted by Crippen LogP contribution is -2.21. The number of carbonyl (C=O) groups excluding carboxylic acids is 1. The summed E-state index contributed by atoms with van der Waals surface area (Å²) in [5, 5.41) is 0. The molecule has 3 heterocycles. The molecular formula is C23H21FN6O2. The quantitative estimate of drug-likeness (QED) is 0.498. The molecule has 0 atom stereocenters. The van der Waals surface area contributed by atoms with Crippen LogP contribution in [-0.2, 0) is 0 Å². The molecule has 0 spiro atoms. The van der Waals surface area contributed by atoms with Crippen LogP contribution in [0.4, 0.5) is 10.2 Å². The lowest BCUT2D eigenvalue weighted by atomic mass is 10.1. The van der Waals surface area contributed by atoms with Crippen molar-refractivity contribution in [3.63, 3.8) is 0 Å². The lowest BCUT2D eigenvalue weighted by Gasteiger charge is -2.11. The Bertz CT molecular complexity index is 1290. The van der Waals surface area contributed by atoms with Gasteiger partial charge in [0.05, 0.1) is 24.1 Å². The summed E-state index contributed by atoms with van der Waals surface area (Å²) >= 11 is 0. The fourth-order valence-corrected chi connectivity index (χ4v) is 3.28. The zero-order chi connectivity index (χ0) is 22.8. The second-order valence-corrected chi connectivity index (χ2v) is 7.25. The van der Waals surface area contributed by atoms with Gasteiger partial charge in [-0.3, -0.25) is 9.78 Å². The number of aromatic nitrogens is 4. The largest absolute Gasteiger partial charge is 0.493 e.